The zero-order chi connectivity index (χ0) is 16.6. The van der Waals surface area contributed by atoms with Gasteiger partial charge in [0.1, 0.15) is 0 Å². The van der Waals surface area contributed by atoms with Crippen molar-refractivity contribution in [3.8, 4) is 0 Å². The van der Waals surface area contributed by atoms with Gasteiger partial charge in [-0.25, -0.2) is 0 Å². The molecule has 23 heavy (non-hydrogen) atoms. The Morgan fingerprint density at radius 2 is 1.39 bits per heavy atom. The van der Waals surface area contributed by atoms with Gasteiger partial charge in [-0.2, -0.15) is 0 Å². The third kappa shape index (κ3) is 3.07. The molecular formula is C21H23NO. The van der Waals surface area contributed by atoms with E-state index in [-0.39, 0.29) is 11.3 Å². The van der Waals surface area contributed by atoms with E-state index in [0.717, 1.165) is 33.7 Å². The van der Waals surface area contributed by atoms with Crippen LogP contribution in [0.1, 0.15) is 31.1 Å². The second-order valence-corrected chi connectivity index (χ2v) is 7.42. The van der Waals surface area contributed by atoms with Gasteiger partial charge in [-0.1, -0.05) is 69.3 Å². The molecule has 3 aromatic carbocycles. The van der Waals surface area contributed by atoms with E-state index >= 15 is 0 Å². The van der Waals surface area contributed by atoms with E-state index in [4.69, 9.17) is 0 Å². The number of rotatable bonds is 2. The summed E-state index contributed by atoms with van der Waals surface area (Å²) in [7, 11) is 1.89. The van der Waals surface area contributed by atoms with Gasteiger partial charge in [0.25, 0.3) is 5.91 Å². The first-order valence-electron chi connectivity index (χ1n) is 8.03. The molecule has 0 aliphatic carbocycles. The minimum atomic E-state index is 0.0742. The van der Waals surface area contributed by atoms with Crippen LogP contribution in [0.4, 0.5) is 0 Å². The Bertz CT molecular complexity index is 820. The van der Waals surface area contributed by atoms with Crippen LogP contribution in [0.15, 0.2) is 54.6 Å². The highest BCUT2D eigenvalue weighted by molar-refractivity contribution is 6.18. The number of nitrogens with zero attached hydrogens (tertiary/aromatic N) is 1. The van der Waals surface area contributed by atoms with Crippen LogP contribution < -0.4 is 0 Å². The van der Waals surface area contributed by atoms with E-state index in [2.05, 4.69) is 39.0 Å². The normalized spacial score (nSPS) is 11.8. The number of benzene rings is 3. The lowest BCUT2D eigenvalue weighted by atomic mass is 9.93. The predicted molar refractivity (Wildman–Crippen MR) is 97.9 cm³/mol. The van der Waals surface area contributed by atoms with E-state index in [1.807, 2.05) is 48.3 Å². The standard InChI is InChI=1S/C21H23NO/c1-21(2,3)14-22(4)20(23)19-17-11-7-5-9-15(17)13-16-10-6-8-12-18(16)19/h5-13H,14H2,1-4H3. The molecule has 0 bridgehead atoms. The van der Waals surface area contributed by atoms with Crippen molar-refractivity contribution >= 4 is 27.5 Å². The maximum atomic E-state index is 13.2. The Morgan fingerprint density at radius 3 is 1.87 bits per heavy atom. The van der Waals surface area contributed by atoms with Crippen LogP contribution in [0.5, 0.6) is 0 Å². The Balaban J connectivity index is 2.22. The highest BCUT2D eigenvalue weighted by Crippen LogP contribution is 2.30. The van der Waals surface area contributed by atoms with E-state index in [0.29, 0.717) is 0 Å². The van der Waals surface area contributed by atoms with E-state index in [1.54, 1.807) is 0 Å². The summed E-state index contributed by atoms with van der Waals surface area (Å²) in [5.41, 5.74) is 0.885. The van der Waals surface area contributed by atoms with Crippen LogP contribution >= 0.6 is 0 Å². The molecule has 3 aromatic rings. The molecule has 0 saturated carbocycles. The molecule has 0 N–H and O–H groups in total. The Labute approximate surface area is 137 Å². The molecular weight excluding hydrogens is 282 g/mol. The molecule has 1 amide bonds. The van der Waals surface area contributed by atoms with Gasteiger partial charge in [0.2, 0.25) is 0 Å². The second-order valence-electron chi connectivity index (χ2n) is 7.42. The SMILES string of the molecule is CN(CC(C)(C)C)C(=O)c1c2ccccc2cc2ccccc12. The molecule has 2 nitrogen and oxygen atoms in total. The molecule has 0 radical (unpaired) electrons. The van der Waals surface area contributed by atoms with Crippen molar-refractivity contribution in [2.24, 2.45) is 5.41 Å². The molecule has 0 aromatic heterocycles. The predicted octanol–water partition coefficient (Wildman–Crippen LogP) is 5.11. The molecule has 0 aliphatic rings. The fraction of sp³-hybridized carbons (Fsp3) is 0.286. The fourth-order valence-corrected chi connectivity index (χ4v) is 3.22. The second kappa shape index (κ2) is 5.69. The van der Waals surface area contributed by atoms with Crippen LogP contribution in [-0.4, -0.2) is 24.4 Å². The quantitative estimate of drug-likeness (QED) is 0.602. The smallest absolute Gasteiger partial charge is 0.254 e. The first-order valence-corrected chi connectivity index (χ1v) is 8.03. The molecule has 0 unspecified atom stereocenters. The molecule has 2 heteroatoms. The maximum Gasteiger partial charge on any atom is 0.254 e. The minimum Gasteiger partial charge on any atom is -0.341 e. The lowest BCUT2D eigenvalue weighted by Gasteiger charge is -2.27. The van der Waals surface area contributed by atoms with Gasteiger partial charge in [0.05, 0.1) is 5.56 Å². The van der Waals surface area contributed by atoms with Gasteiger partial charge < -0.3 is 4.90 Å². The summed E-state index contributed by atoms with van der Waals surface area (Å²) < 4.78 is 0. The number of hydrogen-bond donors (Lipinski definition) is 0. The average molecular weight is 305 g/mol. The van der Waals surface area contributed by atoms with Crippen LogP contribution in [0.2, 0.25) is 0 Å². The van der Waals surface area contributed by atoms with Crippen molar-refractivity contribution in [3.63, 3.8) is 0 Å². The van der Waals surface area contributed by atoms with Crippen molar-refractivity contribution in [2.75, 3.05) is 13.6 Å². The molecule has 0 aliphatic heterocycles. The van der Waals surface area contributed by atoms with Crippen molar-refractivity contribution in [2.45, 2.75) is 20.8 Å². The summed E-state index contributed by atoms with van der Waals surface area (Å²) >= 11 is 0. The Morgan fingerprint density at radius 1 is 0.913 bits per heavy atom. The number of amides is 1. The van der Waals surface area contributed by atoms with E-state index in [1.165, 1.54) is 0 Å². The Hall–Kier alpha value is -2.35. The number of carbonyl (C=O) groups is 1. The van der Waals surface area contributed by atoms with Crippen LogP contribution in [-0.2, 0) is 0 Å². The average Bonchev–Trinajstić information content (AvgIpc) is 2.50. The first-order chi connectivity index (χ1) is 10.9. The van der Waals surface area contributed by atoms with Crippen molar-refractivity contribution in [1.29, 1.82) is 0 Å². The van der Waals surface area contributed by atoms with Crippen LogP contribution in [0.3, 0.4) is 0 Å². The van der Waals surface area contributed by atoms with E-state index < -0.39 is 0 Å². The summed E-state index contributed by atoms with van der Waals surface area (Å²) in [5, 5.41) is 4.27. The molecule has 3 rings (SSSR count). The maximum absolute atomic E-state index is 13.2. The monoisotopic (exact) mass is 305 g/mol. The summed E-state index contributed by atoms with van der Waals surface area (Å²) in [4.78, 5) is 15.0. The summed E-state index contributed by atoms with van der Waals surface area (Å²) in [6.07, 6.45) is 0. The van der Waals surface area contributed by atoms with Crippen molar-refractivity contribution in [1.82, 2.24) is 4.90 Å². The van der Waals surface area contributed by atoms with Gasteiger partial charge in [0.15, 0.2) is 0 Å². The highest BCUT2D eigenvalue weighted by atomic mass is 16.2. The zero-order valence-electron chi connectivity index (χ0n) is 14.3. The van der Waals surface area contributed by atoms with Gasteiger partial charge in [-0.05, 0) is 33.0 Å². The molecule has 0 fully saturated rings. The topological polar surface area (TPSA) is 20.3 Å². The molecule has 0 spiro atoms. The third-order valence-electron chi connectivity index (χ3n) is 4.04. The zero-order valence-corrected chi connectivity index (χ0v) is 14.3. The van der Waals surface area contributed by atoms with Gasteiger partial charge in [-0.15, -0.1) is 0 Å². The lowest BCUT2D eigenvalue weighted by molar-refractivity contribution is 0.0749. The summed E-state index contributed by atoms with van der Waals surface area (Å²) in [6, 6.07) is 18.4. The number of hydrogen-bond acceptors (Lipinski definition) is 1. The summed E-state index contributed by atoms with van der Waals surface area (Å²) in [6.45, 7) is 7.18. The summed E-state index contributed by atoms with van der Waals surface area (Å²) in [5.74, 6) is 0.0907. The lowest BCUT2D eigenvalue weighted by Crippen LogP contribution is -2.34. The van der Waals surface area contributed by atoms with Gasteiger partial charge >= 0.3 is 0 Å². The van der Waals surface area contributed by atoms with Crippen molar-refractivity contribution < 1.29 is 4.79 Å². The molecule has 0 atom stereocenters. The minimum absolute atomic E-state index is 0.0742. The molecule has 0 saturated heterocycles. The highest BCUT2D eigenvalue weighted by Gasteiger charge is 2.22. The Kier molecular flexibility index (Phi) is 3.85. The van der Waals surface area contributed by atoms with Crippen LogP contribution in [0, 0.1) is 5.41 Å². The van der Waals surface area contributed by atoms with Crippen molar-refractivity contribution in [3.05, 3.63) is 60.2 Å². The largest absolute Gasteiger partial charge is 0.341 e. The fourth-order valence-electron chi connectivity index (χ4n) is 3.22. The van der Waals surface area contributed by atoms with E-state index in [9.17, 15) is 4.79 Å². The van der Waals surface area contributed by atoms with Gasteiger partial charge in [-0.3, -0.25) is 4.79 Å². The number of carbonyl (C=O) groups excluding carboxylic acids is 1. The first kappa shape index (κ1) is 15.5. The molecule has 0 heterocycles. The van der Waals surface area contributed by atoms with Crippen LogP contribution in [0.25, 0.3) is 21.5 Å². The number of fused-ring (bicyclic) bond motifs is 2. The van der Waals surface area contributed by atoms with Gasteiger partial charge in [0, 0.05) is 13.6 Å². The molecule has 118 valence electrons. The third-order valence-corrected chi connectivity index (χ3v) is 4.04.